The van der Waals surface area contributed by atoms with E-state index in [9.17, 15) is 18.0 Å². The molecule has 1 heterocycles. The van der Waals surface area contributed by atoms with Gasteiger partial charge in [0.05, 0.1) is 23.6 Å². The number of carbonyl (C=O) groups excluding carboxylic acids is 2. The number of esters is 1. The highest BCUT2D eigenvalue weighted by Gasteiger charge is 2.25. The molecular formula is C23H28N2O7S. The monoisotopic (exact) mass is 476 g/mol. The lowest BCUT2D eigenvalue weighted by Gasteiger charge is -2.25. The van der Waals surface area contributed by atoms with Crippen LogP contribution in [0.3, 0.4) is 0 Å². The molecule has 0 aromatic heterocycles. The number of nitrogens with one attached hydrogen (secondary N) is 1. The fourth-order valence-corrected chi connectivity index (χ4v) is 4.17. The van der Waals surface area contributed by atoms with E-state index in [-0.39, 0.29) is 5.75 Å². The summed E-state index contributed by atoms with van der Waals surface area (Å²) in [5.41, 5.74) is 1.11. The summed E-state index contributed by atoms with van der Waals surface area (Å²) in [5.74, 6) is -0.183. The van der Waals surface area contributed by atoms with E-state index in [0.29, 0.717) is 48.3 Å². The van der Waals surface area contributed by atoms with Crippen LogP contribution in [0.1, 0.15) is 37.0 Å². The maximum Gasteiger partial charge on any atom is 0.338 e. The number of sulfonamides is 1. The van der Waals surface area contributed by atoms with Crippen molar-refractivity contribution in [2.24, 2.45) is 0 Å². The van der Waals surface area contributed by atoms with E-state index in [1.807, 2.05) is 6.92 Å². The van der Waals surface area contributed by atoms with Gasteiger partial charge in [0.25, 0.3) is 0 Å². The first-order valence-corrected chi connectivity index (χ1v) is 12.4. The molecule has 0 atom stereocenters. The van der Waals surface area contributed by atoms with Gasteiger partial charge in [-0.15, -0.1) is 0 Å². The van der Waals surface area contributed by atoms with E-state index in [2.05, 4.69) is 5.32 Å². The number of hydrogen-bond donors (Lipinski definition) is 1. The highest BCUT2D eigenvalue weighted by atomic mass is 32.2. The average molecular weight is 477 g/mol. The van der Waals surface area contributed by atoms with Gasteiger partial charge in [-0.25, -0.2) is 13.2 Å². The Labute approximate surface area is 193 Å². The van der Waals surface area contributed by atoms with Gasteiger partial charge in [-0.2, -0.15) is 0 Å². The van der Waals surface area contributed by atoms with Crippen LogP contribution in [0.15, 0.2) is 42.5 Å². The second-order valence-corrected chi connectivity index (χ2v) is 9.53. The van der Waals surface area contributed by atoms with Gasteiger partial charge in [-0.1, -0.05) is 13.3 Å². The number of benzene rings is 2. The molecule has 1 aliphatic heterocycles. The summed E-state index contributed by atoms with van der Waals surface area (Å²) in [5, 5.41) is 2.67. The minimum absolute atomic E-state index is 0.177. The molecule has 3 rings (SSSR count). The SMILES string of the molecule is CCCCOC(=O)c1ccc(NC(=O)CN(c2ccc3c(c2)OCCO3)S(=O)(=O)CC)cc1. The number of rotatable bonds is 10. The van der Waals surface area contributed by atoms with Crippen molar-refractivity contribution in [2.45, 2.75) is 26.7 Å². The topological polar surface area (TPSA) is 111 Å². The Bertz CT molecular complexity index is 1080. The lowest BCUT2D eigenvalue weighted by atomic mass is 10.2. The molecule has 0 unspecified atom stereocenters. The van der Waals surface area contributed by atoms with E-state index in [1.54, 1.807) is 42.5 Å². The lowest BCUT2D eigenvalue weighted by Crippen LogP contribution is -2.39. The third-order valence-electron chi connectivity index (χ3n) is 4.94. The molecule has 1 amide bonds. The van der Waals surface area contributed by atoms with Gasteiger partial charge in [0, 0.05) is 11.8 Å². The van der Waals surface area contributed by atoms with Gasteiger partial charge in [0.15, 0.2) is 11.5 Å². The predicted octanol–water partition coefficient (Wildman–Crippen LogP) is 3.21. The highest BCUT2D eigenvalue weighted by Crippen LogP contribution is 2.34. The van der Waals surface area contributed by atoms with Gasteiger partial charge in [0.2, 0.25) is 15.9 Å². The summed E-state index contributed by atoms with van der Waals surface area (Å²) in [6, 6.07) is 11.0. The second kappa shape index (κ2) is 11.0. The number of carbonyl (C=O) groups is 2. The number of hydrogen-bond acceptors (Lipinski definition) is 7. The Morgan fingerprint density at radius 3 is 2.39 bits per heavy atom. The molecule has 0 aliphatic carbocycles. The zero-order valence-corrected chi connectivity index (χ0v) is 19.5. The maximum atomic E-state index is 12.7. The maximum absolute atomic E-state index is 12.7. The molecule has 0 spiro atoms. The first kappa shape index (κ1) is 24.4. The van der Waals surface area contributed by atoms with E-state index < -0.39 is 28.4 Å². The quantitative estimate of drug-likeness (QED) is 0.414. The van der Waals surface area contributed by atoms with Crippen molar-refractivity contribution in [3.05, 3.63) is 48.0 Å². The van der Waals surface area contributed by atoms with E-state index in [0.717, 1.165) is 17.1 Å². The summed E-state index contributed by atoms with van der Waals surface area (Å²) >= 11 is 0. The molecule has 33 heavy (non-hydrogen) atoms. The number of ether oxygens (including phenoxy) is 3. The molecule has 1 aliphatic rings. The minimum atomic E-state index is -3.74. The highest BCUT2D eigenvalue weighted by molar-refractivity contribution is 7.92. The van der Waals surface area contributed by atoms with Crippen LogP contribution in [0.4, 0.5) is 11.4 Å². The van der Waals surface area contributed by atoms with Gasteiger partial charge >= 0.3 is 5.97 Å². The number of unbranched alkanes of at least 4 members (excludes halogenated alkanes) is 1. The fraction of sp³-hybridized carbons (Fsp3) is 0.391. The molecule has 10 heteroatoms. The van der Waals surface area contributed by atoms with Gasteiger partial charge < -0.3 is 19.5 Å². The molecule has 2 aromatic rings. The Kier molecular flexibility index (Phi) is 8.16. The Balaban J connectivity index is 1.70. The first-order valence-electron chi connectivity index (χ1n) is 10.8. The van der Waals surface area contributed by atoms with E-state index in [4.69, 9.17) is 14.2 Å². The van der Waals surface area contributed by atoms with Crippen molar-refractivity contribution in [2.75, 3.05) is 41.7 Å². The molecule has 0 radical (unpaired) electrons. The number of fused-ring (bicyclic) bond motifs is 1. The van der Waals surface area contributed by atoms with Crippen LogP contribution in [0.2, 0.25) is 0 Å². The van der Waals surface area contributed by atoms with E-state index in [1.165, 1.54) is 6.92 Å². The minimum Gasteiger partial charge on any atom is -0.486 e. The molecule has 0 saturated heterocycles. The van der Waals surface area contributed by atoms with Gasteiger partial charge in [-0.3, -0.25) is 9.10 Å². The van der Waals surface area contributed by atoms with Crippen LogP contribution < -0.4 is 19.1 Å². The van der Waals surface area contributed by atoms with Crippen LogP contribution in [0.25, 0.3) is 0 Å². The van der Waals surface area contributed by atoms with Gasteiger partial charge in [0.1, 0.15) is 19.8 Å². The molecule has 0 fully saturated rings. The van der Waals surface area contributed by atoms with Crippen molar-refractivity contribution in [1.29, 1.82) is 0 Å². The van der Waals surface area contributed by atoms with Gasteiger partial charge in [-0.05, 0) is 49.7 Å². The normalized spacial score (nSPS) is 12.7. The Hall–Kier alpha value is -3.27. The standard InChI is InChI=1S/C23H28N2O7S/c1-3-5-12-32-23(27)17-6-8-18(9-7-17)24-22(26)16-25(33(28,29)4-2)19-10-11-20-21(15-19)31-14-13-30-20/h6-11,15H,3-5,12-14,16H2,1-2H3,(H,24,26). The Morgan fingerprint density at radius 1 is 1.03 bits per heavy atom. The third-order valence-corrected chi connectivity index (χ3v) is 6.68. The summed E-state index contributed by atoms with van der Waals surface area (Å²) in [4.78, 5) is 24.7. The number of anilines is 2. The average Bonchev–Trinajstić information content (AvgIpc) is 2.82. The molecule has 178 valence electrons. The first-order chi connectivity index (χ1) is 15.8. The van der Waals surface area contributed by atoms with Crippen molar-refractivity contribution in [1.82, 2.24) is 0 Å². The van der Waals surface area contributed by atoms with Crippen molar-refractivity contribution in [3.63, 3.8) is 0 Å². The number of nitrogens with zero attached hydrogens (tertiary/aromatic N) is 1. The van der Waals surface area contributed by atoms with Crippen LogP contribution in [0, 0.1) is 0 Å². The zero-order valence-electron chi connectivity index (χ0n) is 18.7. The number of amides is 1. The van der Waals surface area contributed by atoms with Crippen molar-refractivity contribution >= 4 is 33.3 Å². The van der Waals surface area contributed by atoms with Crippen LogP contribution >= 0.6 is 0 Å². The summed E-state index contributed by atoms with van der Waals surface area (Å²) < 4.78 is 42.6. The summed E-state index contributed by atoms with van der Waals surface area (Å²) in [6.07, 6.45) is 1.72. The third kappa shape index (κ3) is 6.38. The summed E-state index contributed by atoms with van der Waals surface area (Å²) in [6.45, 7) is 4.23. The van der Waals surface area contributed by atoms with E-state index >= 15 is 0 Å². The molecule has 0 saturated carbocycles. The van der Waals surface area contributed by atoms with Crippen LogP contribution in [0.5, 0.6) is 11.5 Å². The lowest BCUT2D eigenvalue weighted by molar-refractivity contribution is -0.114. The largest absolute Gasteiger partial charge is 0.486 e. The molecule has 2 aromatic carbocycles. The summed E-state index contributed by atoms with van der Waals surface area (Å²) in [7, 11) is -3.74. The van der Waals surface area contributed by atoms with Crippen molar-refractivity contribution < 1.29 is 32.2 Å². The predicted molar refractivity (Wildman–Crippen MR) is 125 cm³/mol. The second-order valence-electron chi connectivity index (χ2n) is 7.35. The van der Waals surface area contributed by atoms with Crippen LogP contribution in [-0.4, -0.2) is 52.4 Å². The molecular weight excluding hydrogens is 448 g/mol. The molecule has 9 nitrogen and oxygen atoms in total. The zero-order chi connectivity index (χ0) is 23.8. The fourth-order valence-electron chi connectivity index (χ4n) is 3.11. The smallest absolute Gasteiger partial charge is 0.338 e. The van der Waals surface area contributed by atoms with Crippen LogP contribution in [-0.2, 0) is 19.6 Å². The Morgan fingerprint density at radius 2 is 1.73 bits per heavy atom. The van der Waals surface area contributed by atoms with Crippen molar-refractivity contribution in [3.8, 4) is 11.5 Å². The molecule has 1 N–H and O–H groups in total. The molecule has 0 bridgehead atoms.